The maximum absolute atomic E-state index is 12.4. The summed E-state index contributed by atoms with van der Waals surface area (Å²) in [5.74, 6) is 0.235. The number of nitrogens with one attached hydrogen (secondary N) is 2. The summed E-state index contributed by atoms with van der Waals surface area (Å²) in [6.07, 6.45) is 4.60. The maximum atomic E-state index is 12.4. The molecular formula is C18H27N3O3S. The molecule has 138 valence electrons. The molecule has 0 aromatic heterocycles. The van der Waals surface area contributed by atoms with Gasteiger partial charge in [0.1, 0.15) is 0 Å². The predicted octanol–water partition coefficient (Wildman–Crippen LogP) is 1.59. The number of likely N-dealkylation sites (tertiary alicyclic amines) is 1. The number of sulfonamides is 1. The molecule has 2 N–H and O–H groups in total. The third-order valence-electron chi connectivity index (χ3n) is 4.99. The van der Waals surface area contributed by atoms with E-state index in [1.165, 1.54) is 25.0 Å². The summed E-state index contributed by atoms with van der Waals surface area (Å²) < 4.78 is 27.3. The van der Waals surface area contributed by atoms with E-state index < -0.39 is 10.0 Å². The van der Waals surface area contributed by atoms with Gasteiger partial charge in [0.15, 0.2) is 0 Å². The zero-order chi connectivity index (χ0) is 17.9. The van der Waals surface area contributed by atoms with Crippen molar-refractivity contribution >= 4 is 15.9 Å². The van der Waals surface area contributed by atoms with Gasteiger partial charge >= 0.3 is 0 Å². The molecule has 0 radical (unpaired) electrons. The Labute approximate surface area is 150 Å². The number of hydrogen-bond donors (Lipinski definition) is 2. The molecule has 1 saturated carbocycles. The molecule has 2 aliphatic rings. The predicted molar refractivity (Wildman–Crippen MR) is 97.0 cm³/mol. The fraction of sp³-hybridized carbons (Fsp3) is 0.611. The highest BCUT2D eigenvalue weighted by molar-refractivity contribution is 7.89. The lowest BCUT2D eigenvalue weighted by Crippen LogP contribution is -2.40. The van der Waals surface area contributed by atoms with Crippen molar-refractivity contribution in [3.8, 4) is 0 Å². The summed E-state index contributed by atoms with van der Waals surface area (Å²) in [7, 11) is -3.55. The molecule has 1 aromatic rings. The summed E-state index contributed by atoms with van der Waals surface area (Å²) in [4.78, 5) is 14.9. The first kappa shape index (κ1) is 18.4. The minimum atomic E-state index is -3.55. The van der Waals surface area contributed by atoms with Gasteiger partial charge in [-0.2, -0.15) is 0 Å². The summed E-state index contributed by atoms with van der Waals surface area (Å²) >= 11 is 0. The van der Waals surface area contributed by atoms with Crippen LogP contribution in [-0.4, -0.2) is 51.4 Å². The molecule has 6 nitrogen and oxygen atoms in total. The zero-order valence-corrected chi connectivity index (χ0v) is 15.5. The van der Waals surface area contributed by atoms with Crippen LogP contribution < -0.4 is 10.0 Å². The quantitative estimate of drug-likeness (QED) is 0.733. The number of carbonyl (C=O) groups is 1. The molecule has 0 bridgehead atoms. The Morgan fingerprint density at radius 1 is 1.28 bits per heavy atom. The largest absolute Gasteiger partial charge is 0.350 e. The Hall–Kier alpha value is -1.44. The van der Waals surface area contributed by atoms with Gasteiger partial charge in [-0.15, -0.1) is 0 Å². The highest BCUT2D eigenvalue weighted by Crippen LogP contribution is 2.28. The second-order valence-corrected chi connectivity index (χ2v) is 8.89. The number of rotatable bonds is 8. The van der Waals surface area contributed by atoms with Gasteiger partial charge in [0.25, 0.3) is 5.91 Å². The third kappa shape index (κ3) is 5.03. The first-order valence-electron chi connectivity index (χ1n) is 9.08. The second-order valence-electron chi connectivity index (χ2n) is 7.13. The highest BCUT2D eigenvalue weighted by Gasteiger charge is 2.25. The molecule has 1 atom stereocenters. The first-order valence-corrected chi connectivity index (χ1v) is 10.6. The van der Waals surface area contributed by atoms with Gasteiger partial charge in [-0.05, 0) is 69.8 Å². The summed E-state index contributed by atoms with van der Waals surface area (Å²) in [5, 5.41) is 2.92. The van der Waals surface area contributed by atoms with E-state index >= 15 is 0 Å². The van der Waals surface area contributed by atoms with Crippen LogP contribution in [-0.2, 0) is 10.0 Å². The molecule has 1 aromatic carbocycles. The van der Waals surface area contributed by atoms with Crippen LogP contribution in [0.2, 0.25) is 0 Å². The number of hydrogen-bond acceptors (Lipinski definition) is 4. The molecule has 0 spiro atoms. The standard InChI is InChI=1S/C18H27N3O3S/c1-14(21-9-2-3-10-21)12-19-18(22)16-5-4-6-17(11-16)25(23,24)20-13-15-7-8-15/h4-6,11,14-15,20H,2-3,7-10,12-13H2,1H3,(H,19,22). The maximum Gasteiger partial charge on any atom is 0.251 e. The van der Waals surface area contributed by atoms with Gasteiger partial charge in [-0.25, -0.2) is 13.1 Å². The monoisotopic (exact) mass is 365 g/mol. The first-order chi connectivity index (χ1) is 12.0. The lowest BCUT2D eigenvalue weighted by atomic mass is 10.2. The fourth-order valence-corrected chi connectivity index (χ4v) is 4.25. The number of benzene rings is 1. The smallest absolute Gasteiger partial charge is 0.251 e. The minimum absolute atomic E-state index is 0.147. The lowest BCUT2D eigenvalue weighted by Gasteiger charge is -2.23. The molecule has 3 rings (SSSR count). The van der Waals surface area contributed by atoms with E-state index in [4.69, 9.17) is 0 Å². The normalized spacial score (nSPS) is 19.7. The van der Waals surface area contributed by atoms with Crippen molar-refractivity contribution < 1.29 is 13.2 Å². The minimum Gasteiger partial charge on any atom is -0.350 e. The third-order valence-corrected chi connectivity index (χ3v) is 6.41. The average molecular weight is 365 g/mol. The topological polar surface area (TPSA) is 78.5 Å². The molecule has 1 aliphatic heterocycles. The van der Waals surface area contributed by atoms with E-state index in [1.54, 1.807) is 12.1 Å². The van der Waals surface area contributed by atoms with Crippen molar-refractivity contribution in [3.63, 3.8) is 0 Å². The fourth-order valence-electron chi connectivity index (χ4n) is 3.09. The Morgan fingerprint density at radius 2 is 2.00 bits per heavy atom. The van der Waals surface area contributed by atoms with Crippen molar-refractivity contribution in [1.82, 2.24) is 14.9 Å². The molecule has 1 saturated heterocycles. The van der Waals surface area contributed by atoms with E-state index in [0.717, 1.165) is 25.9 Å². The van der Waals surface area contributed by atoms with Crippen LogP contribution >= 0.6 is 0 Å². The van der Waals surface area contributed by atoms with Gasteiger partial charge < -0.3 is 5.32 Å². The molecule has 25 heavy (non-hydrogen) atoms. The summed E-state index contributed by atoms with van der Waals surface area (Å²) in [6.45, 7) is 5.31. The van der Waals surface area contributed by atoms with E-state index in [-0.39, 0.29) is 10.8 Å². The highest BCUT2D eigenvalue weighted by atomic mass is 32.2. The average Bonchev–Trinajstić information content (AvgIpc) is 3.29. The van der Waals surface area contributed by atoms with Gasteiger partial charge in [0, 0.05) is 24.7 Å². The lowest BCUT2D eigenvalue weighted by molar-refractivity contribution is 0.0940. The van der Waals surface area contributed by atoms with Crippen molar-refractivity contribution in [3.05, 3.63) is 29.8 Å². The van der Waals surface area contributed by atoms with Gasteiger partial charge in [0.2, 0.25) is 10.0 Å². The van der Waals surface area contributed by atoms with Crippen LogP contribution in [0.4, 0.5) is 0 Å². The summed E-state index contributed by atoms with van der Waals surface area (Å²) in [5.41, 5.74) is 0.378. The Balaban J connectivity index is 1.58. The van der Waals surface area contributed by atoms with Crippen LogP contribution in [0.3, 0.4) is 0 Å². The molecule has 1 amide bonds. The molecule has 1 aliphatic carbocycles. The van der Waals surface area contributed by atoms with Crippen molar-refractivity contribution in [2.75, 3.05) is 26.2 Å². The Bertz CT molecular complexity index is 710. The number of nitrogens with zero attached hydrogens (tertiary/aromatic N) is 1. The van der Waals surface area contributed by atoms with Gasteiger partial charge in [-0.1, -0.05) is 6.07 Å². The number of amides is 1. The van der Waals surface area contributed by atoms with E-state index in [9.17, 15) is 13.2 Å². The van der Waals surface area contributed by atoms with Crippen molar-refractivity contribution in [2.24, 2.45) is 5.92 Å². The van der Waals surface area contributed by atoms with Crippen LogP contribution in [0.25, 0.3) is 0 Å². The van der Waals surface area contributed by atoms with E-state index in [0.29, 0.717) is 30.6 Å². The van der Waals surface area contributed by atoms with E-state index in [1.807, 2.05) is 0 Å². The van der Waals surface area contributed by atoms with Gasteiger partial charge in [-0.3, -0.25) is 9.69 Å². The molecular weight excluding hydrogens is 338 g/mol. The number of carbonyl (C=O) groups excluding carboxylic acids is 1. The van der Waals surface area contributed by atoms with Crippen LogP contribution in [0.5, 0.6) is 0 Å². The molecule has 1 heterocycles. The molecule has 7 heteroatoms. The van der Waals surface area contributed by atoms with E-state index in [2.05, 4.69) is 21.9 Å². The molecule has 1 unspecified atom stereocenters. The Kier molecular flexibility index (Phi) is 5.76. The van der Waals surface area contributed by atoms with Crippen LogP contribution in [0, 0.1) is 5.92 Å². The molecule has 2 fully saturated rings. The SMILES string of the molecule is CC(CNC(=O)c1cccc(S(=O)(=O)NCC2CC2)c1)N1CCCC1. The Morgan fingerprint density at radius 3 is 2.68 bits per heavy atom. The second kappa shape index (κ2) is 7.85. The van der Waals surface area contributed by atoms with Crippen molar-refractivity contribution in [2.45, 2.75) is 43.5 Å². The van der Waals surface area contributed by atoms with Crippen molar-refractivity contribution in [1.29, 1.82) is 0 Å². The van der Waals surface area contributed by atoms with Crippen LogP contribution in [0.15, 0.2) is 29.2 Å². The van der Waals surface area contributed by atoms with Crippen LogP contribution in [0.1, 0.15) is 43.0 Å². The van der Waals surface area contributed by atoms with Gasteiger partial charge in [0.05, 0.1) is 4.90 Å². The summed E-state index contributed by atoms with van der Waals surface area (Å²) in [6, 6.07) is 6.53. The zero-order valence-electron chi connectivity index (χ0n) is 14.7.